The molecule has 7 nitrogen and oxygen atoms in total. The summed E-state index contributed by atoms with van der Waals surface area (Å²) in [4.78, 5) is 12.4. The van der Waals surface area contributed by atoms with Gasteiger partial charge in [-0.05, 0) is 23.8 Å². The summed E-state index contributed by atoms with van der Waals surface area (Å²) in [6, 6.07) is 2.26. The monoisotopic (exact) mass is 374 g/mol. The Morgan fingerprint density at radius 3 is 2.61 bits per heavy atom. The van der Waals surface area contributed by atoms with Gasteiger partial charge in [-0.1, -0.05) is 38.2 Å². The summed E-state index contributed by atoms with van der Waals surface area (Å²) < 4.78 is 27.3. The van der Waals surface area contributed by atoms with Crippen LogP contribution in [-0.2, 0) is 21.2 Å². The summed E-state index contributed by atoms with van der Waals surface area (Å²) in [6.45, 7) is 5.50. The van der Waals surface area contributed by atoms with Crippen molar-refractivity contribution in [1.29, 1.82) is 0 Å². The van der Waals surface area contributed by atoms with Crippen molar-refractivity contribution in [2.75, 3.05) is 5.32 Å². The number of carbonyl (C=O) groups excluding carboxylic acids is 1. The first-order chi connectivity index (χ1) is 10.8. The molecule has 0 unspecified atom stereocenters. The number of rotatable bonds is 7. The number of aromatic nitrogens is 2. The zero-order valence-corrected chi connectivity index (χ0v) is 15.4. The van der Waals surface area contributed by atoms with Gasteiger partial charge in [0.2, 0.25) is 11.0 Å². The van der Waals surface area contributed by atoms with Gasteiger partial charge in [0.15, 0.2) is 0 Å². The topological polar surface area (TPSA) is 101 Å². The average molecular weight is 375 g/mol. The third kappa shape index (κ3) is 4.56. The predicted octanol–water partition coefficient (Wildman–Crippen LogP) is 2.10. The van der Waals surface area contributed by atoms with Crippen LogP contribution in [0.5, 0.6) is 0 Å². The highest BCUT2D eigenvalue weighted by Crippen LogP contribution is 2.19. The van der Waals surface area contributed by atoms with Gasteiger partial charge in [0.25, 0.3) is 10.0 Å². The number of nitrogens with one attached hydrogen (secondary N) is 2. The second-order valence-electron chi connectivity index (χ2n) is 5.12. The minimum Gasteiger partial charge on any atom is -0.299 e. The number of carbonyl (C=O) groups is 1. The van der Waals surface area contributed by atoms with Crippen LogP contribution in [0.1, 0.15) is 25.8 Å². The maximum absolute atomic E-state index is 12.4. The van der Waals surface area contributed by atoms with E-state index >= 15 is 0 Å². The molecule has 2 heterocycles. The highest BCUT2D eigenvalue weighted by atomic mass is 32.2. The van der Waals surface area contributed by atoms with Gasteiger partial charge in [-0.2, -0.15) is 4.72 Å². The Kier molecular flexibility index (Phi) is 5.84. The highest BCUT2D eigenvalue weighted by molar-refractivity contribution is 7.91. The molecule has 0 saturated carbocycles. The Hall–Kier alpha value is -1.36. The van der Waals surface area contributed by atoms with Gasteiger partial charge in [-0.15, -0.1) is 21.5 Å². The second-order valence-corrected chi connectivity index (χ2v) is 9.07. The van der Waals surface area contributed by atoms with E-state index < -0.39 is 22.0 Å². The first-order valence-electron chi connectivity index (χ1n) is 7.02. The van der Waals surface area contributed by atoms with Crippen LogP contribution in [-0.4, -0.2) is 30.6 Å². The quantitative estimate of drug-likeness (QED) is 0.773. The van der Waals surface area contributed by atoms with E-state index in [9.17, 15) is 13.2 Å². The molecule has 0 saturated heterocycles. The largest absolute Gasteiger partial charge is 0.299 e. The first kappa shape index (κ1) is 18.0. The molecule has 23 heavy (non-hydrogen) atoms. The zero-order valence-electron chi connectivity index (χ0n) is 12.9. The van der Waals surface area contributed by atoms with E-state index in [1.165, 1.54) is 17.4 Å². The number of thiophene rings is 1. The average Bonchev–Trinajstić information content (AvgIpc) is 3.15. The molecule has 0 aliphatic carbocycles. The van der Waals surface area contributed by atoms with Gasteiger partial charge in [-0.25, -0.2) is 8.42 Å². The van der Waals surface area contributed by atoms with Crippen molar-refractivity contribution in [3.05, 3.63) is 22.5 Å². The number of aryl methyl sites for hydroxylation is 1. The number of amides is 1. The van der Waals surface area contributed by atoms with Crippen molar-refractivity contribution < 1.29 is 13.2 Å². The van der Waals surface area contributed by atoms with Crippen molar-refractivity contribution in [3.63, 3.8) is 0 Å². The van der Waals surface area contributed by atoms with Gasteiger partial charge >= 0.3 is 0 Å². The van der Waals surface area contributed by atoms with Crippen LogP contribution in [0.2, 0.25) is 0 Å². The molecule has 0 aliphatic heterocycles. The van der Waals surface area contributed by atoms with Gasteiger partial charge in [0, 0.05) is 0 Å². The minimum absolute atomic E-state index is 0.181. The third-order valence-corrected chi connectivity index (χ3v) is 6.81. The van der Waals surface area contributed by atoms with E-state index in [0.717, 1.165) is 22.8 Å². The fourth-order valence-corrected chi connectivity index (χ4v) is 4.80. The van der Waals surface area contributed by atoms with E-state index in [2.05, 4.69) is 20.2 Å². The summed E-state index contributed by atoms with van der Waals surface area (Å²) in [6.07, 6.45) is 0.728. The number of hydrogen-bond donors (Lipinski definition) is 2. The fourth-order valence-electron chi connectivity index (χ4n) is 1.76. The van der Waals surface area contributed by atoms with Crippen LogP contribution in [0, 0.1) is 5.92 Å². The van der Waals surface area contributed by atoms with Crippen LogP contribution < -0.4 is 10.0 Å². The molecule has 126 valence electrons. The molecule has 2 aromatic rings. The smallest absolute Gasteiger partial charge is 0.250 e. The first-order valence-corrected chi connectivity index (χ1v) is 10.2. The van der Waals surface area contributed by atoms with Gasteiger partial charge in [-0.3, -0.25) is 10.1 Å². The maximum atomic E-state index is 12.4. The summed E-state index contributed by atoms with van der Waals surface area (Å²) in [5, 5.41) is 13.3. The van der Waals surface area contributed by atoms with Crippen LogP contribution in [0.25, 0.3) is 0 Å². The SMILES string of the molecule is CCc1nnc(NC(=O)[C@H](NS(=O)(=O)c2cccs2)C(C)C)s1. The van der Waals surface area contributed by atoms with Crippen LogP contribution in [0.3, 0.4) is 0 Å². The summed E-state index contributed by atoms with van der Waals surface area (Å²) in [5.41, 5.74) is 0. The van der Waals surface area contributed by atoms with Gasteiger partial charge < -0.3 is 0 Å². The number of sulfonamides is 1. The summed E-state index contributed by atoms with van der Waals surface area (Å²) in [7, 11) is -3.72. The molecule has 10 heteroatoms. The zero-order chi connectivity index (χ0) is 17.0. The van der Waals surface area contributed by atoms with Crippen LogP contribution >= 0.6 is 22.7 Å². The summed E-state index contributed by atoms with van der Waals surface area (Å²) >= 11 is 2.38. The molecule has 0 fully saturated rings. The van der Waals surface area contributed by atoms with Crippen LogP contribution in [0.4, 0.5) is 5.13 Å². The Labute approximate surface area is 143 Å². The molecule has 1 amide bonds. The Balaban J connectivity index is 2.13. The predicted molar refractivity (Wildman–Crippen MR) is 91.2 cm³/mol. The molecule has 2 aromatic heterocycles. The van der Waals surface area contributed by atoms with Gasteiger partial charge in [0.1, 0.15) is 15.3 Å². The molecule has 0 aliphatic rings. The number of anilines is 1. The van der Waals surface area contributed by atoms with E-state index in [4.69, 9.17) is 0 Å². The lowest BCUT2D eigenvalue weighted by atomic mass is 10.1. The Bertz CT molecular complexity index is 753. The molecule has 1 atom stereocenters. The van der Waals surface area contributed by atoms with Crippen molar-refractivity contribution in [3.8, 4) is 0 Å². The summed E-state index contributed by atoms with van der Waals surface area (Å²) in [5.74, 6) is -0.665. The Morgan fingerprint density at radius 2 is 2.09 bits per heavy atom. The van der Waals surface area contributed by atoms with Gasteiger partial charge in [0.05, 0.1) is 0 Å². The lowest BCUT2D eigenvalue weighted by Crippen LogP contribution is -2.46. The highest BCUT2D eigenvalue weighted by Gasteiger charge is 2.29. The lowest BCUT2D eigenvalue weighted by molar-refractivity contribution is -0.118. The fraction of sp³-hybridized carbons (Fsp3) is 0.462. The molecular weight excluding hydrogens is 356 g/mol. The number of nitrogens with zero attached hydrogens (tertiary/aromatic N) is 2. The van der Waals surface area contributed by atoms with Crippen molar-refractivity contribution in [2.24, 2.45) is 5.92 Å². The maximum Gasteiger partial charge on any atom is 0.250 e. The Morgan fingerprint density at radius 1 is 1.35 bits per heavy atom. The second kappa shape index (κ2) is 7.47. The molecule has 0 radical (unpaired) electrons. The third-order valence-electron chi connectivity index (χ3n) is 2.99. The molecular formula is C13H18N4O3S3. The lowest BCUT2D eigenvalue weighted by Gasteiger charge is -2.20. The molecule has 2 rings (SSSR count). The van der Waals surface area contributed by atoms with E-state index in [-0.39, 0.29) is 10.1 Å². The van der Waals surface area contributed by atoms with E-state index in [1.54, 1.807) is 25.3 Å². The molecule has 0 aromatic carbocycles. The molecule has 0 spiro atoms. The molecule has 0 bridgehead atoms. The normalized spacial score (nSPS) is 13.2. The van der Waals surface area contributed by atoms with E-state index in [0.29, 0.717) is 5.13 Å². The van der Waals surface area contributed by atoms with Crippen LogP contribution in [0.15, 0.2) is 21.7 Å². The van der Waals surface area contributed by atoms with Crippen molar-refractivity contribution in [2.45, 2.75) is 37.4 Å². The van der Waals surface area contributed by atoms with E-state index in [1.807, 2.05) is 6.92 Å². The number of hydrogen-bond acceptors (Lipinski definition) is 7. The van der Waals surface area contributed by atoms with Crippen molar-refractivity contribution in [1.82, 2.24) is 14.9 Å². The van der Waals surface area contributed by atoms with Crippen molar-refractivity contribution >= 4 is 43.7 Å². The minimum atomic E-state index is -3.72. The molecule has 2 N–H and O–H groups in total. The standard InChI is InChI=1S/C13H18N4O3S3/c1-4-9-15-16-13(22-9)14-12(18)11(8(2)3)17-23(19,20)10-6-5-7-21-10/h5-8,11,17H,4H2,1-3H3,(H,14,16,18)/t11-/m1/s1.